The monoisotopic (exact) mass is 353 g/mol. The molecule has 3 amide bonds. The van der Waals surface area contributed by atoms with Crippen LogP contribution in [-0.4, -0.2) is 40.4 Å². The van der Waals surface area contributed by atoms with E-state index in [0.29, 0.717) is 12.0 Å². The van der Waals surface area contributed by atoms with E-state index >= 15 is 0 Å². The minimum absolute atomic E-state index is 0.00298. The Labute approximate surface area is 150 Å². The summed E-state index contributed by atoms with van der Waals surface area (Å²) in [7, 11) is 0. The third-order valence-corrected chi connectivity index (χ3v) is 4.25. The van der Waals surface area contributed by atoms with Gasteiger partial charge in [0.25, 0.3) is 5.91 Å². The van der Waals surface area contributed by atoms with Crippen LogP contribution >= 0.6 is 0 Å². The standard InChI is InChI=1S/C19H19N3O4/c23-17-12-22(11-14-6-8-15(9-7-14)18(24)21-26)19(25)16(20-17)10-13-4-2-1-3-5-13/h1-9,16,26H,10-12H2,(H,20,23)(H,21,24)/t16-/m1/s1. The van der Waals surface area contributed by atoms with Crippen molar-refractivity contribution < 1.29 is 19.6 Å². The van der Waals surface area contributed by atoms with Crippen molar-refractivity contribution in [3.8, 4) is 0 Å². The minimum Gasteiger partial charge on any atom is -0.342 e. The molecule has 134 valence electrons. The van der Waals surface area contributed by atoms with E-state index in [-0.39, 0.29) is 24.9 Å². The molecule has 26 heavy (non-hydrogen) atoms. The molecule has 2 aromatic rings. The van der Waals surface area contributed by atoms with Crippen molar-refractivity contribution in [1.29, 1.82) is 0 Å². The molecular formula is C19H19N3O4. The van der Waals surface area contributed by atoms with Gasteiger partial charge in [-0.15, -0.1) is 0 Å². The van der Waals surface area contributed by atoms with E-state index < -0.39 is 11.9 Å². The Morgan fingerprint density at radius 1 is 1.08 bits per heavy atom. The van der Waals surface area contributed by atoms with Crippen molar-refractivity contribution in [1.82, 2.24) is 15.7 Å². The molecule has 1 fully saturated rings. The number of piperazine rings is 1. The molecule has 0 aliphatic carbocycles. The number of rotatable bonds is 5. The lowest BCUT2D eigenvalue weighted by atomic mass is 10.0. The molecule has 3 N–H and O–H groups in total. The second kappa shape index (κ2) is 7.79. The predicted molar refractivity (Wildman–Crippen MR) is 93.2 cm³/mol. The molecule has 1 aliphatic heterocycles. The van der Waals surface area contributed by atoms with E-state index in [2.05, 4.69) is 5.32 Å². The minimum atomic E-state index is -0.604. The summed E-state index contributed by atoms with van der Waals surface area (Å²) in [4.78, 5) is 37.6. The topological polar surface area (TPSA) is 98.7 Å². The van der Waals surface area contributed by atoms with Crippen LogP contribution in [-0.2, 0) is 22.6 Å². The number of hydrogen-bond acceptors (Lipinski definition) is 4. The number of benzene rings is 2. The first-order valence-electron chi connectivity index (χ1n) is 8.22. The number of nitrogens with one attached hydrogen (secondary N) is 2. The molecule has 0 radical (unpaired) electrons. The lowest BCUT2D eigenvalue weighted by Crippen LogP contribution is -2.58. The molecule has 1 saturated heterocycles. The highest BCUT2D eigenvalue weighted by Gasteiger charge is 2.32. The van der Waals surface area contributed by atoms with Crippen molar-refractivity contribution in [2.45, 2.75) is 19.0 Å². The molecule has 1 heterocycles. The summed E-state index contributed by atoms with van der Waals surface area (Å²) in [5, 5.41) is 11.4. The second-order valence-electron chi connectivity index (χ2n) is 6.14. The Morgan fingerprint density at radius 2 is 1.77 bits per heavy atom. The van der Waals surface area contributed by atoms with E-state index in [0.717, 1.165) is 11.1 Å². The largest absolute Gasteiger partial charge is 0.342 e. The van der Waals surface area contributed by atoms with Crippen LogP contribution in [0.25, 0.3) is 0 Å². The zero-order valence-electron chi connectivity index (χ0n) is 14.0. The molecule has 1 atom stereocenters. The van der Waals surface area contributed by atoms with E-state index in [9.17, 15) is 14.4 Å². The van der Waals surface area contributed by atoms with Gasteiger partial charge in [-0.1, -0.05) is 42.5 Å². The first kappa shape index (κ1) is 17.6. The lowest BCUT2D eigenvalue weighted by molar-refractivity contribution is -0.144. The number of hydroxylamine groups is 1. The number of hydrogen-bond donors (Lipinski definition) is 3. The van der Waals surface area contributed by atoms with Gasteiger partial charge >= 0.3 is 0 Å². The fraction of sp³-hybridized carbons (Fsp3) is 0.211. The van der Waals surface area contributed by atoms with Gasteiger partial charge in [-0.25, -0.2) is 5.48 Å². The molecule has 0 spiro atoms. The summed E-state index contributed by atoms with van der Waals surface area (Å²) in [5.74, 6) is -0.930. The SMILES string of the molecule is O=C1CN(Cc2ccc(C(=O)NO)cc2)C(=O)[C@@H](Cc2ccccc2)N1. The quantitative estimate of drug-likeness (QED) is 0.549. The average Bonchev–Trinajstić information content (AvgIpc) is 2.66. The Bertz CT molecular complexity index is 805. The van der Waals surface area contributed by atoms with Gasteiger partial charge in [-0.05, 0) is 23.3 Å². The van der Waals surface area contributed by atoms with Crippen LogP contribution in [0.4, 0.5) is 0 Å². The lowest BCUT2D eigenvalue weighted by Gasteiger charge is -2.32. The first-order valence-corrected chi connectivity index (χ1v) is 8.22. The number of amides is 3. The van der Waals surface area contributed by atoms with Gasteiger partial charge in [0.15, 0.2) is 0 Å². The van der Waals surface area contributed by atoms with Crippen LogP contribution in [0.1, 0.15) is 21.5 Å². The maximum atomic E-state index is 12.7. The first-order chi connectivity index (χ1) is 12.6. The zero-order chi connectivity index (χ0) is 18.5. The van der Waals surface area contributed by atoms with Crippen LogP contribution in [0.15, 0.2) is 54.6 Å². The molecule has 0 saturated carbocycles. The zero-order valence-corrected chi connectivity index (χ0v) is 14.0. The van der Waals surface area contributed by atoms with Crippen LogP contribution in [0.3, 0.4) is 0 Å². The Balaban J connectivity index is 1.69. The maximum Gasteiger partial charge on any atom is 0.274 e. The summed E-state index contributed by atoms with van der Waals surface area (Å²) in [6.45, 7) is 0.279. The molecule has 0 unspecified atom stereocenters. The van der Waals surface area contributed by atoms with E-state index in [1.807, 2.05) is 30.3 Å². The fourth-order valence-corrected chi connectivity index (χ4v) is 2.94. The maximum absolute atomic E-state index is 12.7. The summed E-state index contributed by atoms with van der Waals surface area (Å²) in [6.07, 6.45) is 0.442. The second-order valence-corrected chi connectivity index (χ2v) is 6.14. The molecule has 1 aliphatic rings. The molecule has 3 rings (SSSR count). The average molecular weight is 353 g/mol. The summed E-state index contributed by atoms with van der Waals surface area (Å²) in [5.41, 5.74) is 3.65. The fourth-order valence-electron chi connectivity index (χ4n) is 2.94. The highest BCUT2D eigenvalue weighted by Crippen LogP contribution is 2.14. The van der Waals surface area contributed by atoms with Crippen molar-refractivity contribution in [3.05, 3.63) is 71.3 Å². The molecule has 2 aromatic carbocycles. The van der Waals surface area contributed by atoms with Crippen LogP contribution in [0.5, 0.6) is 0 Å². The van der Waals surface area contributed by atoms with Gasteiger partial charge in [-0.3, -0.25) is 19.6 Å². The summed E-state index contributed by atoms with van der Waals surface area (Å²) >= 11 is 0. The summed E-state index contributed by atoms with van der Waals surface area (Å²) < 4.78 is 0. The molecule has 0 aromatic heterocycles. The van der Waals surface area contributed by atoms with Crippen molar-refractivity contribution >= 4 is 17.7 Å². The van der Waals surface area contributed by atoms with Crippen LogP contribution in [0.2, 0.25) is 0 Å². The van der Waals surface area contributed by atoms with E-state index in [1.54, 1.807) is 29.7 Å². The molecule has 7 nitrogen and oxygen atoms in total. The van der Waals surface area contributed by atoms with Gasteiger partial charge in [0, 0.05) is 18.5 Å². The number of carbonyl (C=O) groups is 3. The smallest absolute Gasteiger partial charge is 0.274 e. The van der Waals surface area contributed by atoms with E-state index in [1.165, 1.54) is 4.90 Å². The van der Waals surface area contributed by atoms with Crippen LogP contribution < -0.4 is 10.8 Å². The third-order valence-electron chi connectivity index (χ3n) is 4.25. The Morgan fingerprint density at radius 3 is 2.42 bits per heavy atom. The Hall–Kier alpha value is -3.19. The van der Waals surface area contributed by atoms with E-state index in [4.69, 9.17) is 5.21 Å². The molecule has 0 bridgehead atoms. The normalized spacial score (nSPS) is 17.0. The van der Waals surface area contributed by atoms with Gasteiger partial charge in [0.1, 0.15) is 6.04 Å². The highest BCUT2D eigenvalue weighted by molar-refractivity contribution is 5.95. The van der Waals surface area contributed by atoms with Gasteiger partial charge in [-0.2, -0.15) is 0 Å². The van der Waals surface area contributed by atoms with Crippen molar-refractivity contribution in [2.75, 3.05) is 6.54 Å². The molecular weight excluding hydrogens is 334 g/mol. The van der Waals surface area contributed by atoms with Crippen molar-refractivity contribution in [3.63, 3.8) is 0 Å². The van der Waals surface area contributed by atoms with Crippen LogP contribution in [0, 0.1) is 0 Å². The highest BCUT2D eigenvalue weighted by atomic mass is 16.5. The predicted octanol–water partition coefficient (Wildman–Crippen LogP) is 0.875. The number of carbonyl (C=O) groups excluding carboxylic acids is 3. The van der Waals surface area contributed by atoms with Crippen molar-refractivity contribution in [2.24, 2.45) is 0 Å². The van der Waals surface area contributed by atoms with Gasteiger partial charge < -0.3 is 10.2 Å². The third kappa shape index (κ3) is 4.07. The van der Waals surface area contributed by atoms with Gasteiger partial charge in [0.2, 0.25) is 11.8 Å². The summed E-state index contributed by atoms with van der Waals surface area (Å²) in [6, 6.07) is 15.4. The van der Waals surface area contributed by atoms with Gasteiger partial charge in [0.05, 0.1) is 6.54 Å². The number of nitrogens with zero attached hydrogens (tertiary/aromatic N) is 1. The molecule has 7 heteroatoms. The Kier molecular flexibility index (Phi) is 5.28.